The van der Waals surface area contributed by atoms with Crippen LogP contribution in [0.3, 0.4) is 0 Å². The second-order valence-electron chi connectivity index (χ2n) is 5.53. The summed E-state index contributed by atoms with van der Waals surface area (Å²) in [4.78, 5) is 18.3. The Morgan fingerprint density at radius 2 is 1.80 bits per heavy atom. The van der Waals surface area contributed by atoms with Crippen molar-refractivity contribution in [1.29, 1.82) is 0 Å². The molecule has 124 valence electrons. The number of aromatic nitrogens is 5. The fourth-order valence-corrected chi connectivity index (χ4v) is 3.04. The van der Waals surface area contributed by atoms with Gasteiger partial charge in [0.05, 0.1) is 12.2 Å². The van der Waals surface area contributed by atoms with E-state index < -0.39 is 0 Å². The van der Waals surface area contributed by atoms with Crippen molar-refractivity contribution in [3.05, 3.63) is 76.8 Å². The number of benzene rings is 2. The molecule has 2 aromatic heterocycles. The van der Waals surface area contributed by atoms with Gasteiger partial charge in [-0.15, -0.1) is 16.9 Å². The Balaban J connectivity index is 1.72. The van der Waals surface area contributed by atoms with Crippen LogP contribution in [0.2, 0.25) is 0 Å². The Morgan fingerprint density at radius 3 is 2.52 bits per heavy atom. The first-order chi connectivity index (χ1) is 12.3. The first kappa shape index (κ1) is 15.6. The van der Waals surface area contributed by atoms with E-state index in [1.807, 2.05) is 60.9 Å². The summed E-state index contributed by atoms with van der Waals surface area (Å²) in [5, 5.41) is 8.12. The molecule has 4 rings (SSSR count). The van der Waals surface area contributed by atoms with Crippen LogP contribution in [0.15, 0.2) is 70.6 Å². The molecule has 4 aromatic rings. The van der Waals surface area contributed by atoms with Gasteiger partial charge in [0.15, 0.2) is 11.2 Å². The molecule has 2 aromatic carbocycles. The van der Waals surface area contributed by atoms with Crippen LogP contribution < -0.4 is 5.56 Å². The third-order valence-electron chi connectivity index (χ3n) is 3.94. The van der Waals surface area contributed by atoms with Gasteiger partial charge in [0, 0.05) is 4.90 Å². The van der Waals surface area contributed by atoms with Crippen molar-refractivity contribution in [2.45, 2.75) is 11.4 Å². The minimum absolute atomic E-state index is 0.193. The smallest absolute Gasteiger partial charge is 0.283 e. The van der Waals surface area contributed by atoms with Crippen LogP contribution in [0.4, 0.5) is 0 Å². The van der Waals surface area contributed by atoms with Crippen LogP contribution in [0.1, 0.15) is 5.56 Å². The number of rotatable bonds is 4. The summed E-state index contributed by atoms with van der Waals surface area (Å²) in [7, 11) is 0. The highest BCUT2D eigenvalue weighted by Crippen LogP contribution is 2.15. The van der Waals surface area contributed by atoms with Crippen molar-refractivity contribution in [3.8, 4) is 5.69 Å². The van der Waals surface area contributed by atoms with Gasteiger partial charge < -0.3 is 0 Å². The average molecular weight is 349 g/mol. The van der Waals surface area contributed by atoms with Gasteiger partial charge in [0.1, 0.15) is 6.33 Å². The molecule has 7 heteroatoms. The van der Waals surface area contributed by atoms with E-state index in [0.717, 1.165) is 11.3 Å². The molecule has 0 atom stereocenters. The van der Waals surface area contributed by atoms with Crippen molar-refractivity contribution in [2.24, 2.45) is 0 Å². The Hall–Kier alpha value is -2.93. The quantitative estimate of drug-likeness (QED) is 0.530. The molecule has 0 aliphatic carbocycles. The zero-order valence-electron chi connectivity index (χ0n) is 13.5. The SMILES string of the molecule is CSc1ccc(Cn2cnc3c(nnn3-c3ccccc3)c2=O)cc1. The first-order valence-electron chi connectivity index (χ1n) is 7.75. The third kappa shape index (κ3) is 2.94. The van der Waals surface area contributed by atoms with Crippen LogP contribution in [0.5, 0.6) is 0 Å². The normalized spacial score (nSPS) is 11.1. The predicted molar refractivity (Wildman–Crippen MR) is 98.2 cm³/mol. The fourth-order valence-electron chi connectivity index (χ4n) is 2.63. The molecule has 2 heterocycles. The maximum Gasteiger partial charge on any atom is 0.283 e. The van der Waals surface area contributed by atoms with Crippen molar-refractivity contribution in [3.63, 3.8) is 0 Å². The van der Waals surface area contributed by atoms with Crippen LogP contribution in [0, 0.1) is 0 Å². The van der Waals surface area contributed by atoms with Gasteiger partial charge >= 0.3 is 0 Å². The van der Waals surface area contributed by atoms with Crippen LogP contribution in [0.25, 0.3) is 16.9 Å². The van der Waals surface area contributed by atoms with Crippen molar-refractivity contribution >= 4 is 22.9 Å². The van der Waals surface area contributed by atoms with Crippen molar-refractivity contribution in [2.75, 3.05) is 6.26 Å². The van der Waals surface area contributed by atoms with Crippen molar-refractivity contribution < 1.29 is 0 Å². The number of thioether (sulfide) groups is 1. The van der Waals surface area contributed by atoms with Gasteiger partial charge in [0.25, 0.3) is 5.56 Å². The molecule has 0 N–H and O–H groups in total. The molecule has 0 bridgehead atoms. The molecule has 0 saturated carbocycles. The predicted octanol–water partition coefficient (Wildman–Crippen LogP) is 2.75. The lowest BCUT2D eigenvalue weighted by Crippen LogP contribution is -2.21. The lowest BCUT2D eigenvalue weighted by Gasteiger charge is -2.06. The molecular weight excluding hydrogens is 334 g/mol. The third-order valence-corrected chi connectivity index (χ3v) is 4.69. The monoisotopic (exact) mass is 349 g/mol. The Bertz CT molecular complexity index is 1070. The highest BCUT2D eigenvalue weighted by molar-refractivity contribution is 7.98. The topological polar surface area (TPSA) is 65.6 Å². The fraction of sp³-hybridized carbons (Fsp3) is 0.111. The summed E-state index contributed by atoms with van der Waals surface area (Å²) in [5.74, 6) is 0. The van der Waals surface area contributed by atoms with Crippen molar-refractivity contribution in [1.82, 2.24) is 24.5 Å². The molecule has 0 aliphatic rings. The highest BCUT2D eigenvalue weighted by atomic mass is 32.2. The molecule has 0 amide bonds. The van der Waals surface area contributed by atoms with E-state index in [9.17, 15) is 4.79 Å². The van der Waals surface area contributed by atoms with Crippen LogP contribution in [-0.2, 0) is 6.54 Å². The van der Waals surface area contributed by atoms with Gasteiger partial charge in [-0.25, -0.2) is 4.98 Å². The van der Waals surface area contributed by atoms with E-state index in [1.54, 1.807) is 27.3 Å². The van der Waals surface area contributed by atoms with Gasteiger partial charge in [-0.05, 0) is 36.1 Å². The number of para-hydroxylation sites is 1. The molecule has 0 saturated heterocycles. The molecule has 0 spiro atoms. The maximum atomic E-state index is 12.7. The summed E-state index contributed by atoms with van der Waals surface area (Å²) in [6, 6.07) is 17.6. The Kier molecular flexibility index (Phi) is 4.07. The summed E-state index contributed by atoms with van der Waals surface area (Å²) < 4.78 is 3.13. The summed E-state index contributed by atoms with van der Waals surface area (Å²) in [5.41, 5.74) is 2.40. The van der Waals surface area contributed by atoms with Gasteiger partial charge in [-0.3, -0.25) is 9.36 Å². The zero-order chi connectivity index (χ0) is 17.2. The van der Waals surface area contributed by atoms with Gasteiger partial charge in [0.2, 0.25) is 0 Å². The molecule has 0 fully saturated rings. The second-order valence-corrected chi connectivity index (χ2v) is 6.41. The number of fused-ring (bicyclic) bond motifs is 1. The van der Waals surface area contributed by atoms with Gasteiger partial charge in [-0.1, -0.05) is 35.5 Å². The molecule has 6 nitrogen and oxygen atoms in total. The highest BCUT2D eigenvalue weighted by Gasteiger charge is 2.13. The first-order valence-corrected chi connectivity index (χ1v) is 8.98. The second kappa shape index (κ2) is 6.52. The van der Waals surface area contributed by atoms with E-state index >= 15 is 0 Å². The summed E-state index contributed by atoms with van der Waals surface area (Å²) in [6.45, 7) is 0.453. The lowest BCUT2D eigenvalue weighted by atomic mass is 10.2. The summed E-state index contributed by atoms with van der Waals surface area (Å²) in [6.07, 6.45) is 3.59. The maximum absolute atomic E-state index is 12.7. The molecule has 0 radical (unpaired) electrons. The summed E-state index contributed by atoms with van der Waals surface area (Å²) >= 11 is 1.69. The minimum atomic E-state index is -0.193. The minimum Gasteiger partial charge on any atom is -0.293 e. The largest absolute Gasteiger partial charge is 0.293 e. The van der Waals surface area contributed by atoms with E-state index in [-0.39, 0.29) is 11.1 Å². The average Bonchev–Trinajstić information content (AvgIpc) is 3.10. The molecule has 25 heavy (non-hydrogen) atoms. The zero-order valence-corrected chi connectivity index (χ0v) is 14.3. The lowest BCUT2D eigenvalue weighted by molar-refractivity contribution is 0.744. The van der Waals surface area contributed by atoms with Crippen LogP contribution in [-0.4, -0.2) is 30.8 Å². The van der Waals surface area contributed by atoms with E-state index in [2.05, 4.69) is 15.3 Å². The number of nitrogens with zero attached hydrogens (tertiary/aromatic N) is 5. The molecule has 0 unspecified atom stereocenters. The van der Waals surface area contributed by atoms with E-state index in [0.29, 0.717) is 12.2 Å². The molecule has 0 aliphatic heterocycles. The van der Waals surface area contributed by atoms with E-state index in [4.69, 9.17) is 0 Å². The van der Waals surface area contributed by atoms with E-state index in [1.165, 1.54) is 4.90 Å². The Labute approximate surface area is 148 Å². The van der Waals surface area contributed by atoms with Gasteiger partial charge in [-0.2, -0.15) is 4.68 Å². The number of hydrogen-bond donors (Lipinski definition) is 0. The number of hydrogen-bond acceptors (Lipinski definition) is 5. The standard InChI is InChI=1S/C18H15N5OS/c1-25-15-9-7-13(8-10-15)11-22-12-19-17-16(18(22)24)20-21-23(17)14-5-3-2-4-6-14/h2-10,12H,11H2,1H3. The Morgan fingerprint density at radius 1 is 1.04 bits per heavy atom. The van der Waals surface area contributed by atoms with Crippen LogP contribution >= 0.6 is 11.8 Å². The molecular formula is C18H15N5OS.